The summed E-state index contributed by atoms with van der Waals surface area (Å²) in [7, 11) is 4.04. The third-order valence-electron chi connectivity index (χ3n) is 3.40. The summed E-state index contributed by atoms with van der Waals surface area (Å²) in [5.74, 6) is 0. The SMILES string of the molecule is CN(C)c1cccc(NCc2cc(N)ccc2NCCO)c1. The third-order valence-corrected chi connectivity index (χ3v) is 3.40. The van der Waals surface area contributed by atoms with Gasteiger partial charge in [0.25, 0.3) is 0 Å². The Kier molecular flexibility index (Phi) is 5.49. The second-order valence-corrected chi connectivity index (χ2v) is 5.37. The van der Waals surface area contributed by atoms with Gasteiger partial charge in [-0.05, 0) is 42.0 Å². The minimum atomic E-state index is 0.0993. The summed E-state index contributed by atoms with van der Waals surface area (Å²) in [5.41, 5.74) is 10.9. The van der Waals surface area contributed by atoms with E-state index in [1.54, 1.807) is 0 Å². The van der Waals surface area contributed by atoms with Gasteiger partial charge in [0.1, 0.15) is 0 Å². The Labute approximate surface area is 131 Å². The zero-order chi connectivity index (χ0) is 15.9. The topological polar surface area (TPSA) is 73.5 Å². The molecule has 0 aromatic heterocycles. The van der Waals surface area contributed by atoms with Gasteiger partial charge >= 0.3 is 0 Å². The molecule has 0 fully saturated rings. The van der Waals surface area contributed by atoms with E-state index in [0.29, 0.717) is 13.1 Å². The molecule has 5 nitrogen and oxygen atoms in total. The fourth-order valence-corrected chi connectivity index (χ4v) is 2.21. The summed E-state index contributed by atoms with van der Waals surface area (Å²) in [4.78, 5) is 2.07. The molecule has 2 aromatic carbocycles. The molecule has 0 saturated heterocycles. The summed E-state index contributed by atoms with van der Waals surface area (Å²) in [6, 6.07) is 14.0. The van der Waals surface area contributed by atoms with Crippen molar-refractivity contribution in [2.45, 2.75) is 6.54 Å². The van der Waals surface area contributed by atoms with Crippen molar-refractivity contribution < 1.29 is 5.11 Å². The van der Waals surface area contributed by atoms with Crippen LogP contribution in [-0.4, -0.2) is 32.4 Å². The molecule has 118 valence electrons. The number of rotatable bonds is 7. The van der Waals surface area contributed by atoms with Crippen molar-refractivity contribution in [2.75, 3.05) is 48.5 Å². The molecule has 0 aliphatic rings. The number of hydrogen-bond acceptors (Lipinski definition) is 5. The van der Waals surface area contributed by atoms with Crippen LogP contribution in [0.1, 0.15) is 5.56 Å². The minimum absolute atomic E-state index is 0.0993. The number of aliphatic hydroxyl groups is 1. The molecule has 0 heterocycles. The largest absolute Gasteiger partial charge is 0.399 e. The molecule has 0 spiro atoms. The van der Waals surface area contributed by atoms with Crippen LogP contribution in [-0.2, 0) is 6.54 Å². The highest BCUT2D eigenvalue weighted by molar-refractivity contribution is 5.61. The zero-order valence-corrected chi connectivity index (χ0v) is 13.1. The quantitative estimate of drug-likeness (QED) is 0.591. The van der Waals surface area contributed by atoms with Crippen LogP contribution in [0, 0.1) is 0 Å². The molecular weight excluding hydrogens is 276 g/mol. The van der Waals surface area contributed by atoms with Gasteiger partial charge in [0.2, 0.25) is 0 Å². The lowest BCUT2D eigenvalue weighted by molar-refractivity contribution is 0.311. The van der Waals surface area contributed by atoms with Crippen LogP contribution in [0.25, 0.3) is 0 Å². The van der Waals surface area contributed by atoms with Gasteiger partial charge in [0.15, 0.2) is 0 Å². The second-order valence-electron chi connectivity index (χ2n) is 5.37. The average Bonchev–Trinajstić information content (AvgIpc) is 2.52. The van der Waals surface area contributed by atoms with Gasteiger partial charge in [0, 0.05) is 49.9 Å². The third kappa shape index (κ3) is 4.30. The van der Waals surface area contributed by atoms with Crippen molar-refractivity contribution in [1.29, 1.82) is 0 Å². The van der Waals surface area contributed by atoms with Gasteiger partial charge in [-0.25, -0.2) is 0 Å². The molecule has 0 aliphatic carbocycles. The highest BCUT2D eigenvalue weighted by atomic mass is 16.3. The predicted molar refractivity (Wildman–Crippen MR) is 94.5 cm³/mol. The molecule has 0 unspecified atom stereocenters. The number of nitrogens with zero attached hydrogens (tertiary/aromatic N) is 1. The molecule has 0 atom stereocenters. The Balaban J connectivity index is 2.10. The number of nitrogens with one attached hydrogen (secondary N) is 2. The molecule has 2 rings (SSSR count). The first-order valence-electron chi connectivity index (χ1n) is 7.34. The molecule has 5 heteroatoms. The number of benzene rings is 2. The van der Waals surface area contributed by atoms with Crippen molar-refractivity contribution in [1.82, 2.24) is 0 Å². The molecule has 0 aliphatic heterocycles. The molecule has 0 amide bonds. The average molecular weight is 300 g/mol. The van der Waals surface area contributed by atoms with Gasteiger partial charge in [0.05, 0.1) is 6.61 Å². The summed E-state index contributed by atoms with van der Waals surface area (Å²) in [5, 5.41) is 15.6. The van der Waals surface area contributed by atoms with E-state index in [0.717, 1.165) is 28.3 Å². The summed E-state index contributed by atoms with van der Waals surface area (Å²) >= 11 is 0. The highest BCUT2D eigenvalue weighted by Gasteiger charge is 2.04. The van der Waals surface area contributed by atoms with E-state index in [4.69, 9.17) is 10.8 Å². The number of nitrogens with two attached hydrogens (primary N) is 1. The molecule has 0 bridgehead atoms. The molecule has 22 heavy (non-hydrogen) atoms. The maximum absolute atomic E-state index is 8.96. The van der Waals surface area contributed by atoms with Crippen molar-refractivity contribution in [3.63, 3.8) is 0 Å². The fraction of sp³-hybridized carbons (Fsp3) is 0.294. The molecule has 2 aromatic rings. The van der Waals surface area contributed by atoms with Crippen LogP contribution < -0.4 is 21.3 Å². The van der Waals surface area contributed by atoms with Crippen LogP contribution in [0.4, 0.5) is 22.7 Å². The fourth-order valence-electron chi connectivity index (χ4n) is 2.21. The number of anilines is 4. The normalized spacial score (nSPS) is 10.3. The van der Waals surface area contributed by atoms with Gasteiger partial charge in [-0.3, -0.25) is 0 Å². The first kappa shape index (κ1) is 16.0. The Morgan fingerprint density at radius 2 is 1.91 bits per heavy atom. The standard InChI is InChI=1S/C17H24N4O/c1-21(2)16-5-3-4-15(11-16)20-12-13-10-14(18)6-7-17(13)19-8-9-22/h3-7,10-11,19-20,22H,8-9,12,18H2,1-2H3. The van der Waals surface area contributed by atoms with Gasteiger partial charge < -0.3 is 26.4 Å². The summed E-state index contributed by atoms with van der Waals surface area (Å²) in [6.07, 6.45) is 0. The lowest BCUT2D eigenvalue weighted by atomic mass is 10.1. The van der Waals surface area contributed by atoms with Crippen LogP contribution in [0.5, 0.6) is 0 Å². The van der Waals surface area contributed by atoms with E-state index in [9.17, 15) is 0 Å². The van der Waals surface area contributed by atoms with Gasteiger partial charge in [-0.2, -0.15) is 0 Å². The van der Waals surface area contributed by atoms with E-state index in [1.807, 2.05) is 44.4 Å². The van der Waals surface area contributed by atoms with Crippen molar-refractivity contribution in [3.8, 4) is 0 Å². The first-order chi connectivity index (χ1) is 10.6. The van der Waals surface area contributed by atoms with Crippen molar-refractivity contribution >= 4 is 22.7 Å². The van der Waals surface area contributed by atoms with Crippen LogP contribution in [0.3, 0.4) is 0 Å². The summed E-state index contributed by atoms with van der Waals surface area (Å²) < 4.78 is 0. The van der Waals surface area contributed by atoms with Gasteiger partial charge in [-0.1, -0.05) is 6.07 Å². The first-order valence-corrected chi connectivity index (χ1v) is 7.34. The second kappa shape index (κ2) is 7.56. The summed E-state index contributed by atoms with van der Waals surface area (Å²) in [6.45, 7) is 1.28. The van der Waals surface area contributed by atoms with Crippen LogP contribution >= 0.6 is 0 Å². The molecule has 0 radical (unpaired) electrons. The van der Waals surface area contributed by atoms with Crippen molar-refractivity contribution in [2.24, 2.45) is 0 Å². The predicted octanol–water partition coefficient (Wildman–Crippen LogP) is 2.35. The Hall–Kier alpha value is -2.40. The minimum Gasteiger partial charge on any atom is -0.399 e. The Bertz CT molecular complexity index is 613. The smallest absolute Gasteiger partial charge is 0.0604 e. The van der Waals surface area contributed by atoms with Crippen LogP contribution in [0.15, 0.2) is 42.5 Å². The van der Waals surface area contributed by atoms with E-state index >= 15 is 0 Å². The van der Waals surface area contributed by atoms with Crippen LogP contribution in [0.2, 0.25) is 0 Å². The van der Waals surface area contributed by atoms with E-state index < -0.39 is 0 Å². The van der Waals surface area contributed by atoms with Crippen molar-refractivity contribution in [3.05, 3.63) is 48.0 Å². The molecule has 5 N–H and O–H groups in total. The lowest BCUT2D eigenvalue weighted by Crippen LogP contribution is -2.11. The van der Waals surface area contributed by atoms with Gasteiger partial charge in [-0.15, -0.1) is 0 Å². The van der Waals surface area contributed by atoms with E-state index in [2.05, 4.69) is 27.7 Å². The monoisotopic (exact) mass is 300 g/mol. The van der Waals surface area contributed by atoms with E-state index in [-0.39, 0.29) is 6.61 Å². The number of aliphatic hydroxyl groups excluding tert-OH is 1. The number of nitrogen functional groups attached to an aromatic ring is 1. The molecular formula is C17H24N4O. The Morgan fingerprint density at radius 3 is 2.64 bits per heavy atom. The zero-order valence-electron chi connectivity index (χ0n) is 13.1. The Morgan fingerprint density at radius 1 is 1.09 bits per heavy atom. The maximum atomic E-state index is 8.96. The maximum Gasteiger partial charge on any atom is 0.0604 e. The highest BCUT2D eigenvalue weighted by Crippen LogP contribution is 2.22. The lowest BCUT2D eigenvalue weighted by Gasteiger charge is -2.16. The number of hydrogen-bond donors (Lipinski definition) is 4. The van der Waals surface area contributed by atoms with E-state index in [1.165, 1.54) is 0 Å². The molecule has 0 saturated carbocycles.